The van der Waals surface area contributed by atoms with E-state index in [0.29, 0.717) is 12.2 Å². The van der Waals surface area contributed by atoms with Crippen molar-refractivity contribution < 1.29 is 9.84 Å². The van der Waals surface area contributed by atoms with Gasteiger partial charge in [0.2, 0.25) is 0 Å². The lowest BCUT2D eigenvalue weighted by atomic mass is 9.98. The Hall–Kier alpha value is -0.900. The minimum atomic E-state index is -0.585. The van der Waals surface area contributed by atoms with Gasteiger partial charge in [-0.15, -0.1) is 0 Å². The fraction of sp³-hybridized carbons (Fsp3) is 0.667. The van der Waals surface area contributed by atoms with Crippen LogP contribution in [0.3, 0.4) is 0 Å². The van der Waals surface area contributed by atoms with E-state index >= 15 is 0 Å². The fourth-order valence-corrected chi connectivity index (χ4v) is 2.93. The minimum Gasteiger partial charge on any atom is -0.390 e. The smallest absolute Gasteiger partial charge is 0.0678 e. The Morgan fingerprint density at radius 3 is 2.14 bits per heavy atom. The predicted octanol–water partition coefficient (Wildman–Crippen LogP) is 3.00. The normalized spacial score (nSPS) is 24.2. The van der Waals surface area contributed by atoms with Gasteiger partial charge in [-0.2, -0.15) is 0 Å². The lowest BCUT2D eigenvalue weighted by molar-refractivity contribution is -0.0704. The van der Waals surface area contributed by atoms with E-state index in [9.17, 15) is 5.11 Å². The van der Waals surface area contributed by atoms with E-state index in [0.717, 1.165) is 32.5 Å². The molecule has 0 aliphatic carbocycles. The zero-order valence-electron chi connectivity index (χ0n) is 13.8. The van der Waals surface area contributed by atoms with E-state index in [4.69, 9.17) is 4.74 Å². The number of hydrogen-bond acceptors (Lipinski definition) is 3. The molecule has 21 heavy (non-hydrogen) atoms. The van der Waals surface area contributed by atoms with Gasteiger partial charge in [-0.1, -0.05) is 24.3 Å². The van der Waals surface area contributed by atoms with Crippen LogP contribution in [0.4, 0.5) is 0 Å². The maximum absolute atomic E-state index is 9.78. The second-order valence-corrected chi connectivity index (χ2v) is 7.08. The van der Waals surface area contributed by atoms with Gasteiger partial charge in [-0.05, 0) is 51.7 Å². The number of benzene rings is 1. The van der Waals surface area contributed by atoms with Crippen molar-refractivity contribution in [1.82, 2.24) is 4.90 Å². The van der Waals surface area contributed by atoms with Crippen molar-refractivity contribution in [3.05, 3.63) is 35.4 Å². The minimum absolute atomic E-state index is 0.319. The molecule has 0 spiro atoms. The zero-order valence-corrected chi connectivity index (χ0v) is 13.8. The summed E-state index contributed by atoms with van der Waals surface area (Å²) in [4.78, 5) is 2.46. The summed E-state index contributed by atoms with van der Waals surface area (Å²) in [6.07, 6.45) is 2.36. The molecule has 1 aromatic rings. The van der Waals surface area contributed by atoms with Gasteiger partial charge >= 0.3 is 0 Å². The third-order valence-corrected chi connectivity index (χ3v) is 3.95. The highest BCUT2D eigenvalue weighted by atomic mass is 16.5. The third-order valence-electron chi connectivity index (χ3n) is 3.95. The Balaban J connectivity index is 1.87. The number of aryl methyl sites for hydroxylation is 1. The first-order valence-corrected chi connectivity index (χ1v) is 8.00. The van der Waals surface area contributed by atoms with Gasteiger partial charge in [-0.3, -0.25) is 4.90 Å². The summed E-state index contributed by atoms with van der Waals surface area (Å²) in [7, 11) is 0. The summed E-state index contributed by atoms with van der Waals surface area (Å²) in [5.74, 6) is 0. The molecule has 2 atom stereocenters. The van der Waals surface area contributed by atoms with Crippen LogP contribution in [0, 0.1) is 0 Å². The molecule has 0 saturated carbocycles. The molecule has 1 aliphatic heterocycles. The first kappa shape index (κ1) is 16.5. The molecule has 2 rings (SSSR count). The van der Waals surface area contributed by atoms with Crippen LogP contribution >= 0.6 is 0 Å². The monoisotopic (exact) mass is 291 g/mol. The van der Waals surface area contributed by atoms with Crippen molar-refractivity contribution in [2.75, 3.05) is 13.1 Å². The molecule has 1 heterocycles. The van der Waals surface area contributed by atoms with E-state index in [1.54, 1.807) is 0 Å². The number of hydrogen-bond donors (Lipinski definition) is 1. The maximum Gasteiger partial charge on any atom is 0.0678 e. The van der Waals surface area contributed by atoms with Crippen molar-refractivity contribution in [1.29, 1.82) is 0 Å². The van der Waals surface area contributed by atoms with Crippen LogP contribution in [-0.2, 0) is 17.7 Å². The standard InChI is InChI=1S/C18H29NO2/c1-14-11-19(12-15(2)21-14)13-17-7-5-16(6-8-17)9-10-18(3,4)20/h5-8,14-15,20H,9-13H2,1-4H3/t14-,15+. The molecule has 1 aliphatic rings. The molecule has 118 valence electrons. The number of aliphatic hydroxyl groups is 1. The molecule has 0 amide bonds. The summed E-state index contributed by atoms with van der Waals surface area (Å²) in [5, 5.41) is 9.78. The van der Waals surface area contributed by atoms with Crippen molar-refractivity contribution >= 4 is 0 Å². The molecule has 0 bridgehead atoms. The lowest BCUT2D eigenvalue weighted by Crippen LogP contribution is -2.44. The SMILES string of the molecule is C[C@@H]1CN(Cc2ccc(CCC(C)(C)O)cc2)C[C@H](C)O1. The lowest BCUT2D eigenvalue weighted by Gasteiger charge is -2.35. The Morgan fingerprint density at radius 2 is 1.62 bits per heavy atom. The Kier molecular flexibility index (Phi) is 5.42. The Bertz CT molecular complexity index is 426. The zero-order chi connectivity index (χ0) is 15.5. The average molecular weight is 291 g/mol. The van der Waals surface area contributed by atoms with Crippen molar-refractivity contribution in [2.24, 2.45) is 0 Å². The van der Waals surface area contributed by atoms with Crippen LogP contribution in [0.25, 0.3) is 0 Å². The van der Waals surface area contributed by atoms with Gasteiger partial charge in [0.15, 0.2) is 0 Å². The van der Waals surface area contributed by atoms with E-state index in [1.807, 2.05) is 13.8 Å². The topological polar surface area (TPSA) is 32.7 Å². The first-order chi connectivity index (χ1) is 9.82. The summed E-state index contributed by atoms with van der Waals surface area (Å²) in [6, 6.07) is 8.80. The molecule has 1 saturated heterocycles. The average Bonchev–Trinajstić information content (AvgIpc) is 2.36. The van der Waals surface area contributed by atoms with Crippen molar-refractivity contribution in [3.8, 4) is 0 Å². The van der Waals surface area contributed by atoms with Crippen LogP contribution in [0.5, 0.6) is 0 Å². The van der Waals surface area contributed by atoms with Crippen LogP contribution in [0.2, 0.25) is 0 Å². The van der Waals surface area contributed by atoms with Crippen LogP contribution in [-0.4, -0.2) is 40.9 Å². The summed E-state index contributed by atoms with van der Waals surface area (Å²) in [5.41, 5.74) is 2.06. The molecule has 0 unspecified atom stereocenters. The number of nitrogens with zero attached hydrogens (tertiary/aromatic N) is 1. The Labute approximate surface area is 128 Å². The third kappa shape index (κ3) is 5.77. The molecule has 0 aromatic heterocycles. The second kappa shape index (κ2) is 6.91. The highest BCUT2D eigenvalue weighted by Gasteiger charge is 2.21. The molecular weight excluding hydrogens is 262 g/mol. The highest BCUT2D eigenvalue weighted by Crippen LogP contribution is 2.17. The molecule has 0 radical (unpaired) electrons. The molecule has 3 nitrogen and oxygen atoms in total. The van der Waals surface area contributed by atoms with E-state index in [1.165, 1.54) is 11.1 Å². The first-order valence-electron chi connectivity index (χ1n) is 8.00. The molecule has 1 aromatic carbocycles. The van der Waals surface area contributed by atoms with Crippen LogP contribution in [0.15, 0.2) is 24.3 Å². The van der Waals surface area contributed by atoms with E-state index < -0.39 is 5.60 Å². The van der Waals surface area contributed by atoms with Gasteiger partial charge < -0.3 is 9.84 Å². The maximum atomic E-state index is 9.78. The molecular formula is C18H29NO2. The van der Waals surface area contributed by atoms with Gasteiger partial charge in [0, 0.05) is 19.6 Å². The second-order valence-electron chi connectivity index (χ2n) is 7.08. The van der Waals surface area contributed by atoms with Crippen molar-refractivity contribution in [3.63, 3.8) is 0 Å². The summed E-state index contributed by atoms with van der Waals surface area (Å²) >= 11 is 0. The molecule has 1 fully saturated rings. The fourth-order valence-electron chi connectivity index (χ4n) is 2.93. The van der Waals surface area contributed by atoms with E-state index in [2.05, 4.69) is 43.0 Å². The Morgan fingerprint density at radius 1 is 1.10 bits per heavy atom. The van der Waals surface area contributed by atoms with Gasteiger partial charge in [0.25, 0.3) is 0 Å². The van der Waals surface area contributed by atoms with Crippen LogP contribution < -0.4 is 0 Å². The number of ether oxygens (including phenoxy) is 1. The van der Waals surface area contributed by atoms with Gasteiger partial charge in [0.05, 0.1) is 17.8 Å². The molecule has 1 N–H and O–H groups in total. The van der Waals surface area contributed by atoms with Crippen molar-refractivity contribution in [2.45, 2.75) is 64.9 Å². The largest absolute Gasteiger partial charge is 0.390 e. The number of rotatable bonds is 5. The predicted molar refractivity (Wildman–Crippen MR) is 86.3 cm³/mol. The van der Waals surface area contributed by atoms with Crippen LogP contribution in [0.1, 0.15) is 45.2 Å². The highest BCUT2D eigenvalue weighted by molar-refractivity contribution is 5.22. The molecule has 3 heteroatoms. The van der Waals surface area contributed by atoms with E-state index in [-0.39, 0.29) is 0 Å². The van der Waals surface area contributed by atoms with Gasteiger partial charge in [-0.25, -0.2) is 0 Å². The van der Waals surface area contributed by atoms with Gasteiger partial charge in [0.1, 0.15) is 0 Å². The summed E-state index contributed by atoms with van der Waals surface area (Å²) < 4.78 is 5.77. The summed E-state index contributed by atoms with van der Waals surface area (Å²) in [6.45, 7) is 11.0. The quantitative estimate of drug-likeness (QED) is 0.905. The number of morpholine rings is 1.